The van der Waals surface area contributed by atoms with Crippen LogP contribution in [0.2, 0.25) is 5.02 Å². The van der Waals surface area contributed by atoms with Crippen LogP contribution in [0.1, 0.15) is 33.6 Å². The third-order valence-corrected chi connectivity index (χ3v) is 3.37. The first-order valence-corrected chi connectivity index (χ1v) is 8.64. The van der Waals surface area contributed by atoms with Gasteiger partial charge in [-0.15, -0.1) is 0 Å². The number of rotatable bonds is 8. The van der Waals surface area contributed by atoms with Gasteiger partial charge in [0.1, 0.15) is 11.4 Å². The Kier molecular flexibility index (Phi) is 8.55. The average molecular weight is 371 g/mol. The van der Waals surface area contributed by atoms with Gasteiger partial charge in [-0.05, 0) is 45.4 Å². The number of benzene rings is 1. The molecule has 0 aliphatic carbocycles. The highest BCUT2D eigenvalue weighted by atomic mass is 35.5. The molecule has 0 heterocycles. The lowest BCUT2D eigenvalue weighted by Crippen LogP contribution is -2.36. The zero-order valence-corrected chi connectivity index (χ0v) is 16.1. The van der Waals surface area contributed by atoms with Gasteiger partial charge < -0.3 is 19.7 Å². The minimum Gasteiger partial charge on any atom is -0.493 e. The summed E-state index contributed by atoms with van der Waals surface area (Å²) in [5, 5.41) is 3.20. The van der Waals surface area contributed by atoms with Gasteiger partial charge in [0, 0.05) is 31.6 Å². The summed E-state index contributed by atoms with van der Waals surface area (Å²) in [6, 6.07) is 7.19. The van der Waals surface area contributed by atoms with Crippen LogP contribution in [0.15, 0.2) is 24.3 Å². The van der Waals surface area contributed by atoms with Crippen LogP contribution in [0.3, 0.4) is 0 Å². The first-order valence-electron chi connectivity index (χ1n) is 8.26. The van der Waals surface area contributed by atoms with E-state index in [1.165, 1.54) is 0 Å². The zero-order valence-electron chi connectivity index (χ0n) is 15.3. The number of hydrogen-bond acceptors (Lipinski definition) is 4. The van der Waals surface area contributed by atoms with Gasteiger partial charge >= 0.3 is 6.09 Å². The van der Waals surface area contributed by atoms with Crippen LogP contribution < -0.4 is 10.1 Å². The summed E-state index contributed by atoms with van der Waals surface area (Å²) in [6.45, 7) is 6.68. The van der Waals surface area contributed by atoms with Crippen LogP contribution in [-0.4, -0.2) is 49.2 Å². The number of nitrogens with zero attached hydrogens (tertiary/aromatic N) is 1. The fourth-order valence-corrected chi connectivity index (χ4v) is 2.13. The monoisotopic (exact) mass is 370 g/mol. The van der Waals surface area contributed by atoms with Crippen LogP contribution in [0.4, 0.5) is 4.79 Å². The maximum atomic E-state index is 12.0. The van der Waals surface area contributed by atoms with E-state index in [1.807, 2.05) is 12.1 Å². The molecular weight excluding hydrogens is 344 g/mol. The van der Waals surface area contributed by atoms with Crippen molar-refractivity contribution in [3.05, 3.63) is 29.3 Å². The van der Waals surface area contributed by atoms with E-state index in [-0.39, 0.29) is 18.9 Å². The predicted octanol–water partition coefficient (Wildman–Crippen LogP) is 3.48. The molecule has 6 nitrogen and oxygen atoms in total. The molecule has 0 aliphatic heterocycles. The summed E-state index contributed by atoms with van der Waals surface area (Å²) in [5.74, 6) is 0.668. The van der Waals surface area contributed by atoms with E-state index < -0.39 is 11.7 Å². The molecule has 140 valence electrons. The molecule has 0 saturated heterocycles. The topological polar surface area (TPSA) is 67.9 Å². The number of hydrogen-bond donors (Lipinski definition) is 1. The fourth-order valence-electron chi connectivity index (χ4n) is 1.95. The Morgan fingerprint density at radius 1 is 1.28 bits per heavy atom. The van der Waals surface area contributed by atoms with Gasteiger partial charge in [0.25, 0.3) is 0 Å². The van der Waals surface area contributed by atoms with Crippen molar-refractivity contribution in [1.29, 1.82) is 0 Å². The number of halogens is 1. The molecule has 0 bridgehead atoms. The van der Waals surface area contributed by atoms with E-state index in [9.17, 15) is 9.59 Å². The molecule has 1 rings (SSSR count). The number of carbonyl (C=O) groups is 2. The summed E-state index contributed by atoms with van der Waals surface area (Å²) in [4.78, 5) is 25.1. The van der Waals surface area contributed by atoms with Crippen molar-refractivity contribution >= 4 is 23.6 Å². The molecule has 0 unspecified atom stereocenters. The van der Waals surface area contributed by atoms with E-state index in [0.29, 0.717) is 30.3 Å². The Balaban J connectivity index is 2.16. The van der Waals surface area contributed by atoms with Gasteiger partial charge in [0.05, 0.1) is 6.61 Å². The molecule has 0 aromatic heterocycles. The maximum absolute atomic E-state index is 12.0. The van der Waals surface area contributed by atoms with Crippen LogP contribution >= 0.6 is 11.6 Å². The molecule has 2 amide bonds. The Morgan fingerprint density at radius 3 is 2.64 bits per heavy atom. The molecule has 0 radical (unpaired) electrons. The van der Waals surface area contributed by atoms with Crippen LogP contribution in [0.5, 0.6) is 5.75 Å². The lowest BCUT2D eigenvalue weighted by Gasteiger charge is -2.20. The van der Waals surface area contributed by atoms with Crippen LogP contribution in [0, 0.1) is 0 Å². The average Bonchev–Trinajstić information content (AvgIpc) is 2.49. The fraction of sp³-hybridized carbons (Fsp3) is 0.556. The second-order valence-corrected chi connectivity index (χ2v) is 7.09. The van der Waals surface area contributed by atoms with E-state index in [1.54, 1.807) is 44.9 Å². The molecule has 1 aromatic rings. The van der Waals surface area contributed by atoms with Gasteiger partial charge in [0.15, 0.2) is 0 Å². The number of ether oxygens (including phenoxy) is 2. The standard InChI is InChI=1S/C18H27ClN2O4/c1-18(2,3)25-17(23)20-10-9-16(22)21(4)11-6-12-24-15-8-5-7-14(19)13-15/h5,7-8,13H,6,9-12H2,1-4H3,(H,20,23). The van der Waals surface area contributed by atoms with Crippen molar-refractivity contribution in [1.82, 2.24) is 10.2 Å². The van der Waals surface area contributed by atoms with Gasteiger partial charge in [-0.3, -0.25) is 4.79 Å². The summed E-state index contributed by atoms with van der Waals surface area (Å²) in [5.41, 5.74) is -0.548. The molecule has 1 aromatic carbocycles. The Labute approximate surface area is 154 Å². The van der Waals surface area contributed by atoms with Gasteiger partial charge in [-0.25, -0.2) is 4.79 Å². The van der Waals surface area contributed by atoms with Crippen molar-refractivity contribution < 1.29 is 19.1 Å². The molecular formula is C18H27ClN2O4. The highest BCUT2D eigenvalue weighted by Gasteiger charge is 2.16. The third kappa shape index (κ3) is 9.82. The third-order valence-electron chi connectivity index (χ3n) is 3.14. The number of carbonyl (C=O) groups excluding carboxylic acids is 2. The van der Waals surface area contributed by atoms with E-state index in [0.717, 1.165) is 0 Å². The maximum Gasteiger partial charge on any atom is 0.407 e. The van der Waals surface area contributed by atoms with Crippen molar-refractivity contribution in [2.24, 2.45) is 0 Å². The van der Waals surface area contributed by atoms with Crippen molar-refractivity contribution in [2.45, 2.75) is 39.2 Å². The van der Waals surface area contributed by atoms with Crippen molar-refractivity contribution in [3.63, 3.8) is 0 Å². The normalized spacial score (nSPS) is 10.9. The van der Waals surface area contributed by atoms with Crippen LogP contribution in [-0.2, 0) is 9.53 Å². The number of nitrogens with one attached hydrogen (secondary N) is 1. The quantitative estimate of drug-likeness (QED) is 0.711. The summed E-state index contributed by atoms with van der Waals surface area (Å²) in [7, 11) is 1.73. The molecule has 0 atom stereocenters. The largest absolute Gasteiger partial charge is 0.493 e. The highest BCUT2D eigenvalue weighted by Crippen LogP contribution is 2.17. The molecule has 0 spiro atoms. The smallest absolute Gasteiger partial charge is 0.407 e. The van der Waals surface area contributed by atoms with Gasteiger partial charge in [-0.1, -0.05) is 17.7 Å². The predicted molar refractivity (Wildman–Crippen MR) is 98.1 cm³/mol. The molecule has 1 N–H and O–H groups in total. The lowest BCUT2D eigenvalue weighted by molar-refractivity contribution is -0.129. The Hall–Kier alpha value is -1.95. The Bertz CT molecular complexity index is 572. The first-order chi connectivity index (χ1) is 11.7. The molecule has 25 heavy (non-hydrogen) atoms. The lowest BCUT2D eigenvalue weighted by atomic mass is 10.2. The molecule has 0 aliphatic rings. The second-order valence-electron chi connectivity index (χ2n) is 6.65. The SMILES string of the molecule is CN(CCCOc1cccc(Cl)c1)C(=O)CCNC(=O)OC(C)(C)C. The van der Waals surface area contributed by atoms with Crippen molar-refractivity contribution in [2.75, 3.05) is 26.7 Å². The minimum absolute atomic E-state index is 0.0428. The Morgan fingerprint density at radius 2 is 2.00 bits per heavy atom. The van der Waals surface area contributed by atoms with E-state index >= 15 is 0 Å². The highest BCUT2D eigenvalue weighted by molar-refractivity contribution is 6.30. The number of amides is 2. The zero-order chi connectivity index (χ0) is 18.9. The van der Waals surface area contributed by atoms with E-state index in [4.69, 9.17) is 21.1 Å². The second kappa shape index (κ2) is 10.1. The summed E-state index contributed by atoms with van der Waals surface area (Å²) < 4.78 is 10.7. The van der Waals surface area contributed by atoms with Crippen molar-refractivity contribution in [3.8, 4) is 5.75 Å². The number of alkyl carbamates (subject to hydrolysis) is 1. The minimum atomic E-state index is -0.548. The summed E-state index contributed by atoms with van der Waals surface area (Å²) in [6.07, 6.45) is 0.414. The molecule has 7 heteroatoms. The van der Waals surface area contributed by atoms with Crippen LogP contribution in [0.25, 0.3) is 0 Å². The molecule has 0 fully saturated rings. The summed E-state index contributed by atoms with van der Waals surface area (Å²) >= 11 is 5.88. The van der Waals surface area contributed by atoms with Gasteiger partial charge in [0.2, 0.25) is 5.91 Å². The van der Waals surface area contributed by atoms with Gasteiger partial charge in [-0.2, -0.15) is 0 Å². The first kappa shape index (κ1) is 21.1. The van der Waals surface area contributed by atoms with E-state index in [2.05, 4.69) is 5.32 Å². The molecule has 0 saturated carbocycles.